The molecule has 0 unspecified atom stereocenters. The Hall–Kier alpha value is -0.530. The van der Waals surface area contributed by atoms with Gasteiger partial charge >= 0.3 is 0 Å². The smallest absolute Gasteiger partial charge is 0.0823 e. The van der Waals surface area contributed by atoms with Crippen molar-refractivity contribution in [3.05, 3.63) is 0 Å². The van der Waals surface area contributed by atoms with Crippen LogP contribution in [0.25, 0.3) is 0 Å². The predicted molar refractivity (Wildman–Crippen MR) is 44.4 cm³/mol. The second-order valence-corrected chi connectivity index (χ2v) is 2.81. The van der Waals surface area contributed by atoms with Gasteiger partial charge in [0.2, 0.25) is 0 Å². The molecule has 0 heterocycles. The number of aliphatic imine (C=N–C) groups is 1. The van der Waals surface area contributed by atoms with Gasteiger partial charge in [-0.05, 0) is 19.3 Å². The molecular formula is C8H16N2. The molecule has 0 spiro atoms. The summed E-state index contributed by atoms with van der Waals surface area (Å²) in [6, 6.07) is 0. The molecule has 1 saturated carbocycles. The van der Waals surface area contributed by atoms with E-state index in [0.29, 0.717) is 0 Å². The van der Waals surface area contributed by atoms with E-state index in [1.807, 2.05) is 13.3 Å². The normalized spacial score (nSPS) is 18.1. The van der Waals surface area contributed by atoms with Crippen LogP contribution in [-0.2, 0) is 0 Å². The van der Waals surface area contributed by atoms with E-state index in [-0.39, 0.29) is 0 Å². The molecule has 0 aromatic carbocycles. The van der Waals surface area contributed by atoms with Gasteiger partial charge in [0.25, 0.3) is 0 Å². The maximum atomic E-state index is 4.05. The number of hydrogen-bond acceptors (Lipinski definition) is 1. The summed E-state index contributed by atoms with van der Waals surface area (Å²) in [5.74, 6) is 1.03. The molecule has 1 rings (SSSR count). The third-order valence-electron chi connectivity index (χ3n) is 1.76. The molecule has 2 heteroatoms. The molecule has 1 aliphatic rings. The van der Waals surface area contributed by atoms with Crippen LogP contribution in [0.5, 0.6) is 0 Å². The third kappa shape index (κ3) is 3.49. The van der Waals surface area contributed by atoms with Gasteiger partial charge in [-0.25, -0.2) is 0 Å². The zero-order valence-electron chi connectivity index (χ0n) is 6.64. The summed E-state index contributed by atoms with van der Waals surface area (Å²) in [5.41, 5.74) is 0. The molecule has 0 saturated heterocycles. The van der Waals surface area contributed by atoms with Crippen molar-refractivity contribution in [3.63, 3.8) is 0 Å². The van der Waals surface area contributed by atoms with Gasteiger partial charge in [0.05, 0.1) is 6.34 Å². The van der Waals surface area contributed by atoms with E-state index in [9.17, 15) is 0 Å². The average molecular weight is 140 g/mol. The van der Waals surface area contributed by atoms with Gasteiger partial charge in [0, 0.05) is 13.1 Å². The lowest BCUT2D eigenvalue weighted by Gasteiger charge is -1.96. The minimum atomic E-state index is 0.885. The van der Waals surface area contributed by atoms with Crippen molar-refractivity contribution in [3.8, 4) is 0 Å². The van der Waals surface area contributed by atoms with Crippen LogP contribution in [0.3, 0.4) is 0 Å². The van der Waals surface area contributed by atoms with Crippen molar-refractivity contribution in [2.24, 2.45) is 10.9 Å². The van der Waals surface area contributed by atoms with Crippen molar-refractivity contribution < 1.29 is 0 Å². The van der Waals surface area contributed by atoms with Gasteiger partial charge in [0.1, 0.15) is 0 Å². The molecule has 0 aliphatic heterocycles. The first-order chi connectivity index (χ1) is 4.93. The van der Waals surface area contributed by atoms with Gasteiger partial charge in [-0.3, -0.25) is 4.99 Å². The first-order valence-electron chi connectivity index (χ1n) is 4.15. The fraction of sp³-hybridized carbons (Fsp3) is 0.875. The van der Waals surface area contributed by atoms with Crippen LogP contribution in [0.1, 0.15) is 26.2 Å². The van der Waals surface area contributed by atoms with Gasteiger partial charge in [0.15, 0.2) is 0 Å². The standard InChI is InChI=1S/C8H16N2/c1-2-9-7-10-6-5-8-3-4-8/h7-8H,2-6H2,1H3,(H,9,10). The third-order valence-corrected chi connectivity index (χ3v) is 1.76. The Balaban J connectivity index is 1.80. The topological polar surface area (TPSA) is 24.4 Å². The van der Waals surface area contributed by atoms with Crippen molar-refractivity contribution in [2.75, 3.05) is 13.1 Å². The highest BCUT2D eigenvalue weighted by Crippen LogP contribution is 2.31. The molecule has 1 N–H and O–H groups in total. The van der Waals surface area contributed by atoms with E-state index in [1.165, 1.54) is 19.3 Å². The van der Waals surface area contributed by atoms with Crippen LogP contribution in [0.2, 0.25) is 0 Å². The Morgan fingerprint density at radius 1 is 1.60 bits per heavy atom. The molecule has 0 amide bonds. The highest BCUT2D eigenvalue weighted by Gasteiger charge is 2.19. The van der Waals surface area contributed by atoms with Gasteiger partial charge in [-0.15, -0.1) is 0 Å². The van der Waals surface area contributed by atoms with E-state index in [2.05, 4.69) is 10.3 Å². The summed E-state index contributed by atoms with van der Waals surface area (Å²) in [7, 11) is 0. The molecule has 0 radical (unpaired) electrons. The Morgan fingerprint density at radius 2 is 2.40 bits per heavy atom. The summed E-state index contributed by atoms with van der Waals surface area (Å²) in [6.07, 6.45) is 6.05. The van der Waals surface area contributed by atoms with E-state index >= 15 is 0 Å². The summed E-state index contributed by atoms with van der Waals surface area (Å²) in [6.45, 7) is 4.03. The number of nitrogens with one attached hydrogen (secondary N) is 1. The predicted octanol–water partition coefficient (Wildman–Crippen LogP) is 1.42. The summed E-state index contributed by atoms with van der Waals surface area (Å²) < 4.78 is 0. The Kier molecular flexibility index (Phi) is 3.27. The quantitative estimate of drug-likeness (QED) is 0.348. The van der Waals surface area contributed by atoms with Crippen LogP contribution in [0.15, 0.2) is 4.99 Å². The molecule has 1 aliphatic carbocycles. The van der Waals surface area contributed by atoms with Crippen molar-refractivity contribution in [1.29, 1.82) is 0 Å². The lowest BCUT2D eigenvalue weighted by molar-refractivity contribution is 0.703. The Labute approximate surface area is 62.7 Å². The van der Waals surface area contributed by atoms with Crippen molar-refractivity contribution >= 4 is 6.34 Å². The average Bonchev–Trinajstić information content (AvgIpc) is 2.71. The maximum Gasteiger partial charge on any atom is 0.0823 e. The lowest BCUT2D eigenvalue weighted by Crippen LogP contribution is -2.13. The van der Waals surface area contributed by atoms with Crippen LogP contribution >= 0.6 is 0 Å². The molecule has 0 bridgehead atoms. The van der Waals surface area contributed by atoms with Crippen molar-refractivity contribution in [2.45, 2.75) is 26.2 Å². The molecule has 58 valence electrons. The van der Waals surface area contributed by atoms with E-state index in [1.54, 1.807) is 0 Å². The van der Waals surface area contributed by atoms with Crippen LogP contribution in [-0.4, -0.2) is 19.4 Å². The molecule has 0 atom stereocenters. The molecule has 0 aromatic rings. The molecule has 10 heavy (non-hydrogen) atoms. The second kappa shape index (κ2) is 4.31. The van der Waals surface area contributed by atoms with Crippen LogP contribution in [0.4, 0.5) is 0 Å². The molecule has 1 fully saturated rings. The summed E-state index contributed by atoms with van der Waals surface area (Å²) in [5, 5.41) is 3.17. The Bertz CT molecular complexity index is 106. The monoisotopic (exact) mass is 140 g/mol. The fourth-order valence-corrected chi connectivity index (χ4v) is 0.914. The first-order valence-corrected chi connectivity index (χ1v) is 4.15. The minimum absolute atomic E-state index is 0.885. The van der Waals surface area contributed by atoms with Gasteiger partial charge in [-0.2, -0.15) is 0 Å². The molecule has 2 nitrogen and oxygen atoms in total. The minimum Gasteiger partial charge on any atom is -0.376 e. The van der Waals surface area contributed by atoms with Gasteiger partial charge in [-0.1, -0.05) is 12.8 Å². The SMILES string of the molecule is CC/N=C\NCCC1CC1. The summed E-state index contributed by atoms with van der Waals surface area (Å²) >= 11 is 0. The number of nitrogens with zero attached hydrogens (tertiary/aromatic N) is 1. The van der Waals surface area contributed by atoms with E-state index < -0.39 is 0 Å². The van der Waals surface area contributed by atoms with Crippen LogP contribution < -0.4 is 5.32 Å². The van der Waals surface area contributed by atoms with E-state index in [0.717, 1.165) is 19.0 Å². The molecular weight excluding hydrogens is 124 g/mol. The number of rotatable bonds is 5. The number of hydrogen-bond donors (Lipinski definition) is 1. The lowest BCUT2D eigenvalue weighted by atomic mass is 10.3. The summed E-state index contributed by atoms with van der Waals surface area (Å²) in [4.78, 5) is 4.05. The maximum absolute atomic E-state index is 4.05. The highest BCUT2D eigenvalue weighted by molar-refractivity contribution is 5.53. The second-order valence-electron chi connectivity index (χ2n) is 2.81. The fourth-order valence-electron chi connectivity index (χ4n) is 0.914. The van der Waals surface area contributed by atoms with Gasteiger partial charge < -0.3 is 5.32 Å². The molecule has 0 aromatic heterocycles. The Morgan fingerprint density at radius 3 is 3.00 bits per heavy atom. The van der Waals surface area contributed by atoms with E-state index in [4.69, 9.17) is 0 Å². The zero-order valence-corrected chi connectivity index (χ0v) is 6.64. The zero-order chi connectivity index (χ0) is 7.23. The first kappa shape index (κ1) is 7.58. The van der Waals surface area contributed by atoms with Crippen molar-refractivity contribution in [1.82, 2.24) is 5.32 Å². The highest BCUT2D eigenvalue weighted by atomic mass is 14.9. The van der Waals surface area contributed by atoms with Crippen LogP contribution in [0, 0.1) is 5.92 Å². The largest absolute Gasteiger partial charge is 0.376 e.